The summed E-state index contributed by atoms with van der Waals surface area (Å²) in [7, 11) is 0. The SMILES string of the molecule is CC.CC.CC12CCC3C(CCC[C@H]4CCCCC34C)C1CCC2CCCC(=O)O. The maximum Gasteiger partial charge on any atom is 0.303 e. The van der Waals surface area contributed by atoms with E-state index in [1.54, 1.807) is 0 Å². The van der Waals surface area contributed by atoms with Crippen molar-refractivity contribution in [3.05, 3.63) is 0 Å². The molecule has 4 aliphatic rings. The van der Waals surface area contributed by atoms with Crippen LogP contribution in [0.15, 0.2) is 0 Å². The molecule has 0 aromatic rings. The van der Waals surface area contributed by atoms with Crippen molar-refractivity contribution in [3.8, 4) is 0 Å². The summed E-state index contributed by atoms with van der Waals surface area (Å²) < 4.78 is 0. The number of carboxylic acid groups (broad SMARTS) is 1. The largest absolute Gasteiger partial charge is 0.481 e. The smallest absolute Gasteiger partial charge is 0.303 e. The van der Waals surface area contributed by atoms with Crippen LogP contribution in [0.2, 0.25) is 0 Å². The predicted molar refractivity (Wildman–Crippen MR) is 129 cm³/mol. The molecule has 4 saturated carbocycles. The zero-order valence-electron chi connectivity index (χ0n) is 21.1. The van der Waals surface area contributed by atoms with Crippen LogP contribution in [0.1, 0.15) is 131 Å². The second-order valence-corrected chi connectivity index (χ2v) is 10.9. The van der Waals surface area contributed by atoms with Crippen molar-refractivity contribution in [3.63, 3.8) is 0 Å². The van der Waals surface area contributed by atoms with E-state index in [9.17, 15) is 4.79 Å². The Hall–Kier alpha value is -0.530. The Kier molecular flexibility index (Phi) is 9.75. The third-order valence-electron chi connectivity index (χ3n) is 9.96. The Morgan fingerprint density at radius 2 is 1.47 bits per heavy atom. The molecule has 176 valence electrons. The van der Waals surface area contributed by atoms with Gasteiger partial charge < -0.3 is 5.11 Å². The summed E-state index contributed by atoms with van der Waals surface area (Å²) in [6.45, 7) is 13.3. The van der Waals surface area contributed by atoms with E-state index in [1.807, 2.05) is 27.7 Å². The highest BCUT2D eigenvalue weighted by atomic mass is 16.4. The fourth-order valence-corrected chi connectivity index (χ4v) is 8.58. The molecule has 0 bridgehead atoms. The van der Waals surface area contributed by atoms with Crippen molar-refractivity contribution in [2.75, 3.05) is 0 Å². The molecule has 0 saturated heterocycles. The zero-order valence-corrected chi connectivity index (χ0v) is 21.1. The van der Waals surface area contributed by atoms with Gasteiger partial charge in [0.05, 0.1) is 0 Å². The highest BCUT2D eigenvalue weighted by Crippen LogP contribution is 2.66. The lowest BCUT2D eigenvalue weighted by atomic mass is 9.49. The average Bonchev–Trinajstić information content (AvgIpc) is 3.00. The molecule has 1 N–H and O–H groups in total. The lowest BCUT2D eigenvalue weighted by Gasteiger charge is -2.56. The Morgan fingerprint density at radius 3 is 2.17 bits per heavy atom. The van der Waals surface area contributed by atoms with Gasteiger partial charge in [0.2, 0.25) is 0 Å². The van der Waals surface area contributed by atoms with Crippen LogP contribution in [-0.4, -0.2) is 11.1 Å². The highest BCUT2D eigenvalue weighted by molar-refractivity contribution is 5.66. The molecule has 4 aliphatic carbocycles. The topological polar surface area (TPSA) is 37.3 Å². The van der Waals surface area contributed by atoms with Crippen LogP contribution in [0.3, 0.4) is 0 Å². The number of fused-ring (bicyclic) bond motifs is 5. The van der Waals surface area contributed by atoms with Crippen molar-refractivity contribution < 1.29 is 9.90 Å². The first-order valence-corrected chi connectivity index (χ1v) is 13.7. The van der Waals surface area contributed by atoms with E-state index in [0.717, 1.165) is 42.4 Å². The molecule has 4 fully saturated rings. The lowest BCUT2D eigenvalue weighted by molar-refractivity contribution is -0.137. The third kappa shape index (κ3) is 4.93. The standard InChI is InChI=1S/C24H40O2.2C2H6/c1-23-15-4-3-7-17(23)8-5-10-19-20-13-12-18(9-6-11-22(25)26)24(20,2)16-14-21(19)23;2*1-2/h17-21H,3-16H2,1-2H3,(H,25,26);2*1-2H3/t17-,18?,19?,20?,21?,23?,24?;;/m1../s1. The quantitative estimate of drug-likeness (QED) is 0.493. The van der Waals surface area contributed by atoms with Gasteiger partial charge >= 0.3 is 5.97 Å². The maximum absolute atomic E-state index is 10.9. The van der Waals surface area contributed by atoms with Gasteiger partial charge in [-0.25, -0.2) is 0 Å². The Labute approximate surface area is 188 Å². The second-order valence-electron chi connectivity index (χ2n) is 10.9. The van der Waals surface area contributed by atoms with E-state index >= 15 is 0 Å². The van der Waals surface area contributed by atoms with Gasteiger partial charge in [-0.05, 0) is 105 Å². The van der Waals surface area contributed by atoms with Crippen LogP contribution < -0.4 is 0 Å². The van der Waals surface area contributed by atoms with E-state index in [1.165, 1.54) is 70.6 Å². The van der Waals surface area contributed by atoms with Gasteiger partial charge in [-0.3, -0.25) is 4.79 Å². The number of carbonyl (C=O) groups is 1. The number of hydrogen-bond acceptors (Lipinski definition) is 1. The fourth-order valence-electron chi connectivity index (χ4n) is 8.58. The average molecular weight is 421 g/mol. The van der Waals surface area contributed by atoms with Crippen LogP contribution in [0.5, 0.6) is 0 Å². The van der Waals surface area contributed by atoms with Crippen LogP contribution in [-0.2, 0) is 4.79 Å². The summed E-state index contributed by atoms with van der Waals surface area (Å²) in [5.74, 6) is 4.04. The summed E-state index contributed by atoms with van der Waals surface area (Å²) in [6, 6.07) is 0. The molecule has 4 rings (SSSR count). The van der Waals surface area contributed by atoms with Crippen LogP contribution in [0.4, 0.5) is 0 Å². The van der Waals surface area contributed by atoms with E-state index in [4.69, 9.17) is 5.11 Å². The molecule has 0 radical (unpaired) electrons. The van der Waals surface area contributed by atoms with E-state index < -0.39 is 5.97 Å². The summed E-state index contributed by atoms with van der Waals surface area (Å²) in [4.78, 5) is 10.9. The molecule has 0 spiro atoms. The van der Waals surface area contributed by atoms with Gasteiger partial charge in [-0.15, -0.1) is 0 Å². The number of carboxylic acids is 1. The molecule has 0 aliphatic heterocycles. The number of aliphatic carboxylic acids is 1. The molecule has 6 unspecified atom stereocenters. The highest BCUT2D eigenvalue weighted by Gasteiger charge is 2.58. The summed E-state index contributed by atoms with van der Waals surface area (Å²) in [6.07, 6.45) is 18.4. The van der Waals surface area contributed by atoms with Crippen LogP contribution >= 0.6 is 0 Å². The predicted octanol–water partition coefficient (Wildman–Crippen LogP) is 8.73. The van der Waals surface area contributed by atoms with E-state index in [-0.39, 0.29) is 0 Å². The molecule has 0 heterocycles. The summed E-state index contributed by atoms with van der Waals surface area (Å²) >= 11 is 0. The van der Waals surface area contributed by atoms with E-state index in [2.05, 4.69) is 13.8 Å². The Morgan fingerprint density at radius 1 is 0.800 bits per heavy atom. The third-order valence-corrected chi connectivity index (χ3v) is 9.96. The molecule has 2 heteroatoms. The van der Waals surface area contributed by atoms with Gasteiger partial charge in [-0.2, -0.15) is 0 Å². The first-order valence-electron chi connectivity index (χ1n) is 13.7. The van der Waals surface area contributed by atoms with E-state index in [0.29, 0.717) is 17.3 Å². The van der Waals surface area contributed by atoms with Gasteiger partial charge in [0.25, 0.3) is 0 Å². The second kappa shape index (κ2) is 11.4. The molecule has 0 amide bonds. The minimum atomic E-state index is -0.617. The minimum Gasteiger partial charge on any atom is -0.481 e. The first kappa shape index (κ1) is 25.7. The monoisotopic (exact) mass is 420 g/mol. The molecule has 30 heavy (non-hydrogen) atoms. The van der Waals surface area contributed by atoms with Gasteiger partial charge in [0.1, 0.15) is 0 Å². The zero-order chi connectivity index (χ0) is 22.4. The normalized spacial score (nSPS) is 42.1. The van der Waals surface area contributed by atoms with Crippen molar-refractivity contribution in [1.29, 1.82) is 0 Å². The molecule has 7 atom stereocenters. The van der Waals surface area contributed by atoms with Crippen molar-refractivity contribution in [1.82, 2.24) is 0 Å². The Balaban J connectivity index is 0.000000757. The van der Waals surface area contributed by atoms with Gasteiger partial charge in [-0.1, -0.05) is 60.8 Å². The van der Waals surface area contributed by atoms with Crippen molar-refractivity contribution in [2.45, 2.75) is 131 Å². The van der Waals surface area contributed by atoms with Crippen molar-refractivity contribution >= 4 is 5.97 Å². The van der Waals surface area contributed by atoms with Gasteiger partial charge in [0, 0.05) is 6.42 Å². The molecular weight excluding hydrogens is 368 g/mol. The maximum atomic E-state index is 10.9. The molecule has 2 nitrogen and oxygen atoms in total. The van der Waals surface area contributed by atoms with Crippen LogP contribution in [0, 0.1) is 40.4 Å². The summed E-state index contributed by atoms with van der Waals surface area (Å²) in [5, 5.41) is 9.01. The molecule has 0 aromatic carbocycles. The lowest BCUT2D eigenvalue weighted by Crippen LogP contribution is -2.48. The summed E-state index contributed by atoms with van der Waals surface area (Å²) in [5.41, 5.74) is 1.13. The van der Waals surface area contributed by atoms with Gasteiger partial charge in [0.15, 0.2) is 0 Å². The van der Waals surface area contributed by atoms with Crippen LogP contribution in [0.25, 0.3) is 0 Å². The van der Waals surface area contributed by atoms with Crippen molar-refractivity contribution in [2.24, 2.45) is 40.4 Å². The minimum absolute atomic E-state index is 0.364. The Bertz CT molecular complexity index is 529. The number of rotatable bonds is 4. The number of hydrogen-bond donors (Lipinski definition) is 1. The molecule has 0 aromatic heterocycles. The fraction of sp³-hybridized carbons (Fsp3) is 0.964. The first-order chi connectivity index (χ1) is 14.4. The molecular formula is C28H52O2.